The third-order valence-electron chi connectivity index (χ3n) is 3.67. The summed E-state index contributed by atoms with van der Waals surface area (Å²) >= 11 is 0. The van der Waals surface area contributed by atoms with E-state index in [0.717, 1.165) is 31.1 Å². The van der Waals surface area contributed by atoms with Crippen molar-refractivity contribution in [2.75, 3.05) is 26.7 Å². The van der Waals surface area contributed by atoms with E-state index in [1.165, 1.54) is 19.4 Å². The molecule has 1 aromatic rings. The molecule has 0 radical (unpaired) electrons. The molecular formula is C13H24N4O. The lowest BCUT2D eigenvalue weighted by molar-refractivity contribution is 0.159. The van der Waals surface area contributed by atoms with Crippen LogP contribution in [0.25, 0.3) is 0 Å². The fourth-order valence-electron chi connectivity index (χ4n) is 2.61. The van der Waals surface area contributed by atoms with Crippen LogP contribution in [0.15, 0.2) is 10.6 Å². The minimum Gasteiger partial charge on any atom is -0.360 e. The van der Waals surface area contributed by atoms with E-state index in [2.05, 4.69) is 28.9 Å². The molecule has 18 heavy (non-hydrogen) atoms. The average Bonchev–Trinajstić information content (AvgIpc) is 2.74. The largest absolute Gasteiger partial charge is 0.360 e. The number of nitrogens with zero attached hydrogens (tertiary/aromatic N) is 3. The molecule has 2 rings (SSSR count). The molecule has 0 bridgehead atoms. The smallest absolute Gasteiger partial charge is 0.151 e. The summed E-state index contributed by atoms with van der Waals surface area (Å²) in [5.41, 5.74) is 6.39. The first-order valence-electron chi connectivity index (χ1n) is 6.80. The molecule has 5 nitrogen and oxygen atoms in total. The van der Waals surface area contributed by atoms with Gasteiger partial charge in [-0.25, -0.2) is 0 Å². The van der Waals surface area contributed by atoms with Gasteiger partial charge in [0.25, 0.3) is 0 Å². The zero-order chi connectivity index (χ0) is 13.0. The van der Waals surface area contributed by atoms with Crippen molar-refractivity contribution in [1.29, 1.82) is 0 Å². The van der Waals surface area contributed by atoms with Crippen molar-refractivity contribution < 1.29 is 4.52 Å². The zero-order valence-corrected chi connectivity index (χ0v) is 11.4. The van der Waals surface area contributed by atoms with Gasteiger partial charge in [-0.1, -0.05) is 12.1 Å². The van der Waals surface area contributed by atoms with Crippen LogP contribution in [0.5, 0.6) is 0 Å². The zero-order valence-electron chi connectivity index (χ0n) is 11.4. The number of hydrogen-bond acceptors (Lipinski definition) is 5. The highest BCUT2D eigenvalue weighted by Crippen LogP contribution is 2.16. The fourth-order valence-corrected chi connectivity index (χ4v) is 2.61. The third kappa shape index (κ3) is 3.31. The Bertz CT molecular complexity index is 366. The Balaban J connectivity index is 2.01. The Morgan fingerprint density at radius 3 is 3.00 bits per heavy atom. The number of rotatable bonds is 4. The summed E-state index contributed by atoms with van der Waals surface area (Å²) < 4.78 is 5.33. The first kappa shape index (κ1) is 13.5. The van der Waals surface area contributed by atoms with Crippen LogP contribution in [0, 0.1) is 0 Å². The second kappa shape index (κ2) is 6.31. The highest BCUT2D eigenvalue weighted by atomic mass is 16.5. The molecule has 1 fully saturated rings. The predicted octanol–water partition coefficient (Wildman–Crippen LogP) is 1.05. The SMILES string of the molecule is CCC1CN(C)CCCN1Cc1cc(CN)no1. The van der Waals surface area contributed by atoms with Crippen LogP contribution >= 0.6 is 0 Å². The molecule has 0 saturated carbocycles. The molecule has 1 saturated heterocycles. The van der Waals surface area contributed by atoms with Crippen molar-refractivity contribution in [3.8, 4) is 0 Å². The third-order valence-corrected chi connectivity index (χ3v) is 3.67. The lowest BCUT2D eigenvalue weighted by Crippen LogP contribution is -2.39. The molecule has 2 N–H and O–H groups in total. The van der Waals surface area contributed by atoms with E-state index in [-0.39, 0.29) is 0 Å². The molecular weight excluding hydrogens is 228 g/mol. The molecule has 1 aromatic heterocycles. The van der Waals surface area contributed by atoms with Gasteiger partial charge >= 0.3 is 0 Å². The summed E-state index contributed by atoms with van der Waals surface area (Å²) in [6, 6.07) is 2.57. The van der Waals surface area contributed by atoms with E-state index in [9.17, 15) is 0 Å². The van der Waals surface area contributed by atoms with E-state index in [1.54, 1.807) is 0 Å². The maximum Gasteiger partial charge on any atom is 0.151 e. The molecule has 0 amide bonds. The van der Waals surface area contributed by atoms with Gasteiger partial charge in [0.2, 0.25) is 0 Å². The lowest BCUT2D eigenvalue weighted by atomic mass is 10.2. The van der Waals surface area contributed by atoms with Gasteiger partial charge in [-0.3, -0.25) is 4.90 Å². The van der Waals surface area contributed by atoms with E-state index in [0.29, 0.717) is 12.6 Å². The van der Waals surface area contributed by atoms with E-state index in [1.807, 2.05) is 6.07 Å². The Morgan fingerprint density at radius 2 is 2.33 bits per heavy atom. The van der Waals surface area contributed by atoms with Crippen molar-refractivity contribution in [3.63, 3.8) is 0 Å². The van der Waals surface area contributed by atoms with Gasteiger partial charge in [-0.15, -0.1) is 0 Å². The highest BCUT2D eigenvalue weighted by Gasteiger charge is 2.23. The molecule has 102 valence electrons. The van der Waals surface area contributed by atoms with Crippen LogP contribution in [-0.4, -0.2) is 47.7 Å². The van der Waals surface area contributed by atoms with E-state index >= 15 is 0 Å². The van der Waals surface area contributed by atoms with Crippen LogP contribution in [0.4, 0.5) is 0 Å². The molecule has 1 atom stereocenters. The Kier molecular flexibility index (Phi) is 4.74. The molecule has 1 aliphatic heterocycles. The van der Waals surface area contributed by atoms with Crippen LogP contribution in [0.1, 0.15) is 31.2 Å². The number of aromatic nitrogens is 1. The fraction of sp³-hybridized carbons (Fsp3) is 0.769. The molecule has 0 spiro atoms. The van der Waals surface area contributed by atoms with Crippen molar-refractivity contribution in [2.24, 2.45) is 5.73 Å². The number of hydrogen-bond donors (Lipinski definition) is 1. The molecule has 0 aliphatic carbocycles. The van der Waals surface area contributed by atoms with Crippen molar-refractivity contribution in [1.82, 2.24) is 15.0 Å². The van der Waals surface area contributed by atoms with E-state index < -0.39 is 0 Å². The van der Waals surface area contributed by atoms with Crippen LogP contribution in [0.3, 0.4) is 0 Å². The summed E-state index contributed by atoms with van der Waals surface area (Å²) in [5.74, 6) is 0.929. The summed E-state index contributed by atoms with van der Waals surface area (Å²) in [6.07, 6.45) is 2.38. The summed E-state index contributed by atoms with van der Waals surface area (Å²) in [5, 5.41) is 3.95. The van der Waals surface area contributed by atoms with Crippen LogP contribution < -0.4 is 5.73 Å². The normalized spacial score (nSPS) is 23.2. The van der Waals surface area contributed by atoms with Crippen LogP contribution in [0.2, 0.25) is 0 Å². The van der Waals surface area contributed by atoms with Gasteiger partial charge in [-0.05, 0) is 26.4 Å². The van der Waals surface area contributed by atoms with Gasteiger partial charge in [0.05, 0.1) is 12.2 Å². The highest BCUT2D eigenvalue weighted by molar-refractivity contribution is 5.05. The minimum absolute atomic E-state index is 0.448. The van der Waals surface area contributed by atoms with Crippen molar-refractivity contribution in [3.05, 3.63) is 17.5 Å². The molecule has 0 aromatic carbocycles. The Hall–Kier alpha value is -0.910. The van der Waals surface area contributed by atoms with Gasteiger partial charge in [-0.2, -0.15) is 0 Å². The average molecular weight is 252 g/mol. The second-order valence-electron chi connectivity index (χ2n) is 5.14. The number of likely N-dealkylation sites (N-methyl/N-ethyl adjacent to an activating group) is 1. The monoisotopic (exact) mass is 252 g/mol. The summed E-state index contributed by atoms with van der Waals surface area (Å²) in [7, 11) is 2.20. The van der Waals surface area contributed by atoms with E-state index in [4.69, 9.17) is 10.3 Å². The molecule has 2 heterocycles. The van der Waals surface area contributed by atoms with Crippen LogP contribution in [-0.2, 0) is 13.1 Å². The van der Waals surface area contributed by atoms with Crippen molar-refractivity contribution >= 4 is 0 Å². The summed E-state index contributed by atoms with van der Waals surface area (Å²) in [6.45, 7) is 6.98. The standard InChI is InChI=1S/C13H24N4O/c1-3-12-9-16(2)5-4-6-17(12)10-13-7-11(8-14)15-18-13/h7,12H,3-6,8-10,14H2,1-2H3. The molecule has 1 unspecified atom stereocenters. The Morgan fingerprint density at radius 1 is 1.50 bits per heavy atom. The van der Waals surface area contributed by atoms with Gasteiger partial charge in [0, 0.05) is 31.7 Å². The Labute approximate surface area is 109 Å². The molecule has 5 heteroatoms. The summed E-state index contributed by atoms with van der Waals surface area (Å²) in [4.78, 5) is 4.92. The maximum absolute atomic E-state index is 5.55. The lowest BCUT2D eigenvalue weighted by Gasteiger charge is -2.29. The van der Waals surface area contributed by atoms with Crippen molar-refractivity contribution in [2.45, 2.75) is 38.9 Å². The first-order valence-corrected chi connectivity index (χ1v) is 6.80. The topological polar surface area (TPSA) is 58.5 Å². The first-order chi connectivity index (χ1) is 8.72. The molecule has 1 aliphatic rings. The van der Waals surface area contributed by atoms with Gasteiger partial charge in [0.15, 0.2) is 5.76 Å². The predicted molar refractivity (Wildman–Crippen MR) is 71.0 cm³/mol. The van der Waals surface area contributed by atoms with Gasteiger partial charge in [0.1, 0.15) is 0 Å². The maximum atomic E-state index is 5.55. The quantitative estimate of drug-likeness (QED) is 0.868. The van der Waals surface area contributed by atoms with Gasteiger partial charge < -0.3 is 15.2 Å². The number of nitrogens with two attached hydrogens (primary N) is 1. The second-order valence-corrected chi connectivity index (χ2v) is 5.14. The minimum atomic E-state index is 0.448.